The van der Waals surface area contributed by atoms with Gasteiger partial charge in [-0.25, -0.2) is 0 Å². The molecule has 1 amide bonds. The van der Waals surface area contributed by atoms with E-state index in [4.69, 9.17) is 24.8 Å². The Hall–Kier alpha value is -3.58. The maximum atomic E-state index is 11.4. The molecule has 0 saturated carbocycles. The van der Waals surface area contributed by atoms with Crippen molar-refractivity contribution in [3.8, 4) is 16.9 Å². The van der Waals surface area contributed by atoms with Crippen LogP contribution in [0.1, 0.15) is 27.7 Å². The van der Waals surface area contributed by atoms with E-state index in [1.807, 2.05) is 35.7 Å². The molecule has 0 unspecified atom stereocenters. The third kappa shape index (κ3) is 4.69. The smallest absolute Gasteiger partial charge is 0.290 e. The Bertz CT molecular complexity index is 1160. The van der Waals surface area contributed by atoms with Gasteiger partial charge >= 0.3 is 0 Å². The second-order valence-electron chi connectivity index (χ2n) is 6.40. The first-order chi connectivity index (χ1) is 14.6. The van der Waals surface area contributed by atoms with Crippen molar-refractivity contribution in [2.24, 2.45) is 5.73 Å². The normalized spacial score (nSPS) is 10.3. The molecule has 154 valence electrons. The number of thiophene rings is 1. The maximum Gasteiger partial charge on any atom is 0.290 e. The lowest BCUT2D eigenvalue weighted by atomic mass is 10.0. The molecule has 7 heteroatoms. The third-order valence-electron chi connectivity index (χ3n) is 4.51. The fourth-order valence-corrected chi connectivity index (χ4v) is 3.91. The number of fused-ring (bicyclic) bond motifs is 1. The number of hydrogen-bond acceptors (Lipinski definition) is 5. The van der Waals surface area contributed by atoms with Crippen LogP contribution in [0.15, 0.2) is 64.6 Å². The third-order valence-corrected chi connectivity index (χ3v) is 5.46. The molecule has 4 aromatic rings. The first-order valence-electron chi connectivity index (χ1n) is 9.24. The average molecular weight is 423 g/mol. The SMILES string of the molecule is CCc1ccccc1OCc1cc(-c2csc(C(N)=O)c2)c2occc2c1.O=CO. The van der Waals surface area contributed by atoms with Crippen LogP contribution in [-0.2, 0) is 17.8 Å². The van der Waals surface area contributed by atoms with E-state index in [-0.39, 0.29) is 6.47 Å². The molecule has 2 aromatic carbocycles. The molecule has 6 nitrogen and oxygen atoms in total. The van der Waals surface area contributed by atoms with Crippen LogP contribution in [0.2, 0.25) is 0 Å². The van der Waals surface area contributed by atoms with E-state index < -0.39 is 5.91 Å². The monoisotopic (exact) mass is 423 g/mol. The molecular weight excluding hydrogens is 402 g/mol. The van der Waals surface area contributed by atoms with Gasteiger partial charge in [0, 0.05) is 10.9 Å². The number of carboxylic acid groups (broad SMARTS) is 1. The highest BCUT2D eigenvalue weighted by atomic mass is 32.1. The summed E-state index contributed by atoms with van der Waals surface area (Å²) < 4.78 is 11.7. The van der Waals surface area contributed by atoms with Crippen molar-refractivity contribution >= 4 is 34.7 Å². The van der Waals surface area contributed by atoms with E-state index in [1.165, 1.54) is 16.9 Å². The minimum Gasteiger partial charge on any atom is -0.489 e. The Morgan fingerprint density at radius 2 is 2.00 bits per heavy atom. The zero-order valence-corrected chi connectivity index (χ0v) is 17.1. The van der Waals surface area contributed by atoms with E-state index in [9.17, 15) is 4.79 Å². The molecule has 0 atom stereocenters. The van der Waals surface area contributed by atoms with E-state index in [0.717, 1.165) is 39.8 Å². The molecule has 0 aliphatic carbocycles. The summed E-state index contributed by atoms with van der Waals surface area (Å²) >= 11 is 1.34. The molecule has 3 N–H and O–H groups in total. The molecule has 0 spiro atoms. The summed E-state index contributed by atoms with van der Waals surface area (Å²) in [5, 5.41) is 9.82. The van der Waals surface area contributed by atoms with E-state index in [1.54, 1.807) is 12.3 Å². The molecule has 30 heavy (non-hydrogen) atoms. The van der Waals surface area contributed by atoms with Gasteiger partial charge in [-0.05, 0) is 58.8 Å². The molecule has 0 bridgehead atoms. The van der Waals surface area contributed by atoms with E-state index in [0.29, 0.717) is 11.5 Å². The average Bonchev–Trinajstić information content (AvgIpc) is 3.42. The van der Waals surface area contributed by atoms with E-state index >= 15 is 0 Å². The minimum absolute atomic E-state index is 0.250. The minimum atomic E-state index is -0.419. The fraction of sp³-hybridized carbons (Fsp3) is 0.130. The van der Waals surface area contributed by atoms with Gasteiger partial charge in [-0.15, -0.1) is 11.3 Å². The Kier molecular flexibility index (Phi) is 6.87. The summed E-state index contributed by atoms with van der Waals surface area (Å²) in [5.41, 5.74) is 10.3. The van der Waals surface area contributed by atoms with Crippen LogP contribution < -0.4 is 10.5 Å². The summed E-state index contributed by atoms with van der Waals surface area (Å²) in [7, 11) is 0. The number of amides is 1. The highest BCUT2D eigenvalue weighted by Gasteiger charge is 2.13. The van der Waals surface area contributed by atoms with Crippen molar-refractivity contribution < 1.29 is 23.8 Å². The van der Waals surface area contributed by atoms with Crippen molar-refractivity contribution in [1.29, 1.82) is 0 Å². The van der Waals surface area contributed by atoms with Crippen molar-refractivity contribution in [3.05, 3.63) is 76.2 Å². The predicted molar refractivity (Wildman–Crippen MR) is 117 cm³/mol. The van der Waals surface area contributed by atoms with Gasteiger partial charge in [0.05, 0.1) is 11.1 Å². The molecule has 0 aliphatic heterocycles. The van der Waals surface area contributed by atoms with E-state index in [2.05, 4.69) is 19.1 Å². The van der Waals surface area contributed by atoms with Crippen LogP contribution in [0.3, 0.4) is 0 Å². The first-order valence-corrected chi connectivity index (χ1v) is 10.1. The number of aryl methyl sites for hydroxylation is 1. The van der Waals surface area contributed by atoms with Crippen molar-refractivity contribution in [2.45, 2.75) is 20.0 Å². The van der Waals surface area contributed by atoms with Gasteiger partial charge in [0.2, 0.25) is 0 Å². The molecule has 2 aromatic heterocycles. The van der Waals surface area contributed by atoms with Crippen LogP contribution in [0, 0.1) is 0 Å². The number of rotatable bonds is 6. The number of carbonyl (C=O) groups excluding carboxylic acids is 1. The number of nitrogens with two attached hydrogens (primary N) is 1. The summed E-state index contributed by atoms with van der Waals surface area (Å²) in [6.45, 7) is 2.32. The predicted octanol–water partition coefficient (Wildman–Crippen LogP) is 5.10. The van der Waals surface area contributed by atoms with Crippen molar-refractivity contribution in [2.75, 3.05) is 0 Å². The number of hydrogen-bond donors (Lipinski definition) is 2. The lowest BCUT2D eigenvalue weighted by Crippen LogP contribution is -2.08. The van der Waals surface area contributed by atoms with Gasteiger partial charge in [-0.1, -0.05) is 25.1 Å². The molecule has 4 rings (SSSR count). The van der Waals surface area contributed by atoms with Crippen LogP contribution >= 0.6 is 11.3 Å². The summed E-state index contributed by atoms with van der Waals surface area (Å²) in [4.78, 5) is 20.3. The number of carbonyl (C=O) groups is 2. The Morgan fingerprint density at radius 3 is 2.70 bits per heavy atom. The van der Waals surface area contributed by atoms with Gasteiger partial charge in [-0.2, -0.15) is 0 Å². The van der Waals surface area contributed by atoms with Crippen LogP contribution in [-0.4, -0.2) is 17.5 Å². The van der Waals surface area contributed by atoms with Gasteiger partial charge in [-0.3, -0.25) is 9.59 Å². The second kappa shape index (κ2) is 9.76. The number of para-hydroxylation sites is 1. The van der Waals surface area contributed by atoms with Crippen molar-refractivity contribution in [1.82, 2.24) is 0 Å². The Balaban J connectivity index is 0.000000806. The maximum absolute atomic E-state index is 11.4. The second-order valence-corrected chi connectivity index (χ2v) is 7.31. The summed E-state index contributed by atoms with van der Waals surface area (Å²) in [6.07, 6.45) is 2.60. The van der Waals surface area contributed by atoms with Gasteiger partial charge in [0.1, 0.15) is 17.9 Å². The topological polar surface area (TPSA) is 103 Å². The lowest BCUT2D eigenvalue weighted by molar-refractivity contribution is -0.122. The number of benzene rings is 2. The van der Waals surface area contributed by atoms with Gasteiger partial charge in [0.25, 0.3) is 12.4 Å². The largest absolute Gasteiger partial charge is 0.489 e. The number of ether oxygens (including phenoxy) is 1. The molecule has 0 fully saturated rings. The molecular formula is C23H21NO5S. The number of furan rings is 1. The zero-order chi connectivity index (χ0) is 21.5. The first kappa shape index (κ1) is 21.1. The Labute approximate surface area is 177 Å². The highest BCUT2D eigenvalue weighted by molar-refractivity contribution is 7.12. The fourth-order valence-electron chi connectivity index (χ4n) is 3.15. The van der Waals surface area contributed by atoms with Crippen LogP contribution in [0.5, 0.6) is 5.75 Å². The standard InChI is InChI=1S/C22H19NO3S.CH2O2/c1-2-15-5-3-4-6-19(15)26-12-14-9-16-7-8-25-21(16)18(10-14)17-11-20(22(23)24)27-13-17;2-1-3/h3-11,13H,2,12H2,1H3,(H2,23,24);1H,(H,2,3). The molecule has 0 aliphatic rings. The quantitative estimate of drug-likeness (QED) is 0.420. The molecule has 2 heterocycles. The highest BCUT2D eigenvalue weighted by Crippen LogP contribution is 2.34. The van der Waals surface area contributed by atoms with Crippen LogP contribution in [0.25, 0.3) is 22.1 Å². The molecule has 0 radical (unpaired) electrons. The molecule has 0 saturated heterocycles. The summed E-state index contributed by atoms with van der Waals surface area (Å²) in [5.74, 6) is 0.484. The lowest BCUT2D eigenvalue weighted by Gasteiger charge is -2.11. The van der Waals surface area contributed by atoms with Crippen molar-refractivity contribution in [3.63, 3.8) is 0 Å². The van der Waals surface area contributed by atoms with Gasteiger partial charge in [0.15, 0.2) is 0 Å². The number of primary amides is 1. The van der Waals surface area contributed by atoms with Gasteiger partial charge < -0.3 is 20.0 Å². The zero-order valence-electron chi connectivity index (χ0n) is 16.3. The summed E-state index contributed by atoms with van der Waals surface area (Å²) in [6, 6.07) is 15.9. The van der Waals surface area contributed by atoms with Crippen LogP contribution in [0.4, 0.5) is 0 Å². The Morgan fingerprint density at radius 1 is 1.23 bits per heavy atom.